The summed E-state index contributed by atoms with van der Waals surface area (Å²) in [6.07, 6.45) is 1.94. The monoisotopic (exact) mass is 324 g/mol. The molecule has 0 saturated carbocycles. The number of hydrogen-bond acceptors (Lipinski definition) is 5. The number of thiophene rings is 1. The van der Waals surface area contributed by atoms with Crippen LogP contribution in [0, 0.1) is 0 Å². The fraction of sp³-hybridized carbons (Fsp3) is 0.333. The minimum absolute atomic E-state index is 0.146. The standard InChI is InChI=1S/C18H20N4S/c1-12-13(2)22(15-6-4-3-5-7-15)11-16(20-12)17-19-10-14-8-9-23-18(14)21-17/h3-10,12-13,16,20H,11H2,1-2H3. The van der Waals surface area contributed by atoms with E-state index in [1.807, 2.05) is 6.20 Å². The number of piperazine rings is 1. The smallest absolute Gasteiger partial charge is 0.148 e. The van der Waals surface area contributed by atoms with Crippen molar-refractivity contribution in [2.75, 3.05) is 11.4 Å². The number of nitrogens with one attached hydrogen (secondary N) is 1. The average Bonchev–Trinajstić information content (AvgIpc) is 3.05. The lowest BCUT2D eigenvalue weighted by Crippen LogP contribution is -2.57. The number of rotatable bonds is 2. The maximum Gasteiger partial charge on any atom is 0.148 e. The Labute approximate surface area is 140 Å². The van der Waals surface area contributed by atoms with Crippen LogP contribution in [-0.4, -0.2) is 28.6 Å². The van der Waals surface area contributed by atoms with Crippen LogP contribution in [0.5, 0.6) is 0 Å². The molecule has 23 heavy (non-hydrogen) atoms. The Balaban J connectivity index is 1.66. The van der Waals surface area contributed by atoms with Crippen molar-refractivity contribution < 1.29 is 0 Å². The van der Waals surface area contributed by atoms with Crippen LogP contribution in [0.1, 0.15) is 25.7 Å². The van der Waals surface area contributed by atoms with Gasteiger partial charge in [-0.05, 0) is 37.4 Å². The molecule has 1 aromatic carbocycles. The van der Waals surface area contributed by atoms with Gasteiger partial charge in [-0.1, -0.05) is 18.2 Å². The minimum atomic E-state index is 0.146. The topological polar surface area (TPSA) is 41.1 Å². The summed E-state index contributed by atoms with van der Waals surface area (Å²) >= 11 is 1.67. The molecule has 4 nitrogen and oxygen atoms in total. The van der Waals surface area contributed by atoms with Gasteiger partial charge in [0, 0.05) is 35.9 Å². The van der Waals surface area contributed by atoms with Gasteiger partial charge in [-0.3, -0.25) is 0 Å². The van der Waals surface area contributed by atoms with Crippen molar-refractivity contribution in [3.8, 4) is 0 Å². The highest BCUT2D eigenvalue weighted by atomic mass is 32.1. The molecule has 3 unspecified atom stereocenters. The molecular formula is C18H20N4S. The average molecular weight is 324 g/mol. The second-order valence-electron chi connectivity index (χ2n) is 6.15. The molecule has 0 bridgehead atoms. The summed E-state index contributed by atoms with van der Waals surface area (Å²) in [5.74, 6) is 0.889. The lowest BCUT2D eigenvalue weighted by Gasteiger charge is -2.43. The molecule has 118 valence electrons. The van der Waals surface area contributed by atoms with Gasteiger partial charge >= 0.3 is 0 Å². The number of hydrogen-bond donors (Lipinski definition) is 1. The van der Waals surface area contributed by atoms with E-state index >= 15 is 0 Å². The highest BCUT2D eigenvalue weighted by Gasteiger charge is 2.32. The molecule has 2 aromatic heterocycles. The third-order valence-corrected chi connectivity index (χ3v) is 5.51. The van der Waals surface area contributed by atoms with Gasteiger partial charge in [-0.2, -0.15) is 0 Å². The van der Waals surface area contributed by atoms with Crippen molar-refractivity contribution in [1.82, 2.24) is 15.3 Å². The van der Waals surface area contributed by atoms with E-state index in [9.17, 15) is 0 Å². The van der Waals surface area contributed by atoms with Crippen LogP contribution in [0.3, 0.4) is 0 Å². The zero-order valence-electron chi connectivity index (χ0n) is 13.3. The molecule has 0 aliphatic carbocycles. The summed E-state index contributed by atoms with van der Waals surface area (Å²) in [4.78, 5) is 12.9. The maximum absolute atomic E-state index is 4.76. The molecule has 3 aromatic rings. The number of fused-ring (bicyclic) bond motifs is 1. The number of aromatic nitrogens is 2. The highest BCUT2D eigenvalue weighted by molar-refractivity contribution is 7.16. The molecule has 4 rings (SSSR count). The van der Waals surface area contributed by atoms with E-state index in [1.54, 1.807) is 11.3 Å². The van der Waals surface area contributed by atoms with E-state index in [1.165, 1.54) is 5.69 Å². The van der Waals surface area contributed by atoms with Gasteiger partial charge in [0.1, 0.15) is 10.7 Å². The molecular weight excluding hydrogens is 304 g/mol. The Hall–Kier alpha value is -1.98. The van der Waals surface area contributed by atoms with Gasteiger partial charge in [0.25, 0.3) is 0 Å². The van der Waals surface area contributed by atoms with Crippen LogP contribution < -0.4 is 10.2 Å². The van der Waals surface area contributed by atoms with E-state index < -0.39 is 0 Å². The third-order valence-electron chi connectivity index (χ3n) is 4.68. The number of nitrogens with zero attached hydrogens (tertiary/aromatic N) is 3. The van der Waals surface area contributed by atoms with E-state index in [-0.39, 0.29) is 6.04 Å². The minimum Gasteiger partial charge on any atom is -0.365 e. The summed E-state index contributed by atoms with van der Waals surface area (Å²) in [6, 6.07) is 13.6. The van der Waals surface area contributed by atoms with Crippen LogP contribution in [-0.2, 0) is 0 Å². The zero-order chi connectivity index (χ0) is 15.8. The number of anilines is 1. The Morgan fingerprint density at radius 2 is 2.00 bits per heavy atom. The second-order valence-corrected chi connectivity index (χ2v) is 7.04. The van der Waals surface area contributed by atoms with Crippen molar-refractivity contribution >= 4 is 27.2 Å². The molecule has 3 atom stereocenters. The van der Waals surface area contributed by atoms with Gasteiger partial charge in [-0.25, -0.2) is 9.97 Å². The molecule has 1 aliphatic heterocycles. The van der Waals surface area contributed by atoms with Gasteiger partial charge in [0.05, 0.1) is 6.04 Å². The van der Waals surface area contributed by atoms with Crippen LogP contribution in [0.4, 0.5) is 5.69 Å². The van der Waals surface area contributed by atoms with Gasteiger partial charge in [0.2, 0.25) is 0 Å². The van der Waals surface area contributed by atoms with Crippen molar-refractivity contribution in [1.29, 1.82) is 0 Å². The van der Waals surface area contributed by atoms with E-state index in [4.69, 9.17) is 4.98 Å². The first kappa shape index (κ1) is 14.6. The summed E-state index contributed by atoms with van der Waals surface area (Å²) in [5, 5.41) is 6.87. The van der Waals surface area contributed by atoms with Crippen molar-refractivity contribution in [2.45, 2.75) is 32.0 Å². The fourth-order valence-corrected chi connectivity index (χ4v) is 3.94. The predicted octanol–water partition coefficient (Wildman–Crippen LogP) is 3.62. The Kier molecular flexibility index (Phi) is 3.75. The van der Waals surface area contributed by atoms with Crippen LogP contribution in [0.25, 0.3) is 10.2 Å². The first-order valence-corrected chi connectivity index (χ1v) is 8.88. The molecule has 0 spiro atoms. The largest absolute Gasteiger partial charge is 0.365 e. The van der Waals surface area contributed by atoms with Gasteiger partial charge < -0.3 is 10.2 Å². The molecule has 1 aliphatic rings. The molecule has 1 N–H and O–H groups in total. The number of benzene rings is 1. The molecule has 0 radical (unpaired) electrons. The third kappa shape index (κ3) is 2.71. The Morgan fingerprint density at radius 3 is 2.83 bits per heavy atom. The quantitative estimate of drug-likeness (QED) is 0.782. The Morgan fingerprint density at radius 1 is 1.17 bits per heavy atom. The summed E-state index contributed by atoms with van der Waals surface area (Å²) < 4.78 is 0. The Bertz CT molecular complexity index is 801. The highest BCUT2D eigenvalue weighted by Crippen LogP contribution is 2.27. The first-order chi connectivity index (χ1) is 11.2. The van der Waals surface area contributed by atoms with E-state index in [0.717, 1.165) is 22.6 Å². The lowest BCUT2D eigenvalue weighted by molar-refractivity contribution is 0.329. The second kappa shape index (κ2) is 5.91. The van der Waals surface area contributed by atoms with Gasteiger partial charge in [-0.15, -0.1) is 11.3 Å². The summed E-state index contributed by atoms with van der Waals surface area (Å²) in [7, 11) is 0. The first-order valence-electron chi connectivity index (χ1n) is 8.00. The van der Waals surface area contributed by atoms with Crippen molar-refractivity contribution in [3.63, 3.8) is 0 Å². The molecule has 0 amide bonds. The molecule has 5 heteroatoms. The summed E-state index contributed by atoms with van der Waals surface area (Å²) in [6.45, 7) is 5.38. The molecule has 1 saturated heterocycles. The molecule has 1 fully saturated rings. The predicted molar refractivity (Wildman–Crippen MR) is 96.0 cm³/mol. The molecule has 3 heterocycles. The summed E-state index contributed by atoms with van der Waals surface area (Å²) in [5.41, 5.74) is 1.26. The van der Waals surface area contributed by atoms with Crippen molar-refractivity contribution in [3.05, 3.63) is 53.8 Å². The lowest BCUT2D eigenvalue weighted by atomic mass is 10.0. The maximum atomic E-state index is 4.76. The van der Waals surface area contributed by atoms with Gasteiger partial charge in [0.15, 0.2) is 0 Å². The SMILES string of the molecule is CC1NC(c2ncc3ccsc3n2)CN(c2ccccc2)C1C. The van der Waals surface area contributed by atoms with Crippen LogP contribution in [0.15, 0.2) is 48.0 Å². The van der Waals surface area contributed by atoms with Crippen LogP contribution >= 0.6 is 11.3 Å². The number of para-hydroxylation sites is 1. The van der Waals surface area contributed by atoms with Crippen molar-refractivity contribution in [2.24, 2.45) is 0 Å². The normalized spacial score (nSPS) is 25.0. The van der Waals surface area contributed by atoms with Crippen LogP contribution in [0.2, 0.25) is 0 Å². The van der Waals surface area contributed by atoms with E-state index in [2.05, 4.69) is 70.8 Å². The zero-order valence-corrected chi connectivity index (χ0v) is 14.1. The van der Waals surface area contributed by atoms with E-state index in [0.29, 0.717) is 12.1 Å². The fourth-order valence-electron chi connectivity index (χ4n) is 3.20.